The van der Waals surface area contributed by atoms with Crippen LogP contribution in [0, 0.1) is 0 Å². The molecule has 1 atom stereocenters. The maximum absolute atomic E-state index is 11.4. The van der Waals surface area contributed by atoms with Gasteiger partial charge in [-0.15, -0.1) is 11.8 Å². The van der Waals surface area contributed by atoms with Crippen LogP contribution in [0.5, 0.6) is 0 Å². The van der Waals surface area contributed by atoms with Gasteiger partial charge in [-0.3, -0.25) is 4.79 Å². The van der Waals surface area contributed by atoms with Crippen molar-refractivity contribution in [2.45, 2.75) is 82.3 Å². The molecule has 0 aliphatic carbocycles. The van der Waals surface area contributed by atoms with Crippen molar-refractivity contribution in [3.05, 3.63) is 29.3 Å². The quantitative estimate of drug-likeness (QED) is 0.714. The molecule has 1 rings (SSSR count). The average molecular weight is 323 g/mol. The molecule has 0 saturated carbocycles. The lowest BCUT2D eigenvalue weighted by molar-refractivity contribution is -0.136. The number of thioether (sulfide) groups is 1. The standard InChI is InChI=1S/C19H30O2S/c1-8-9-16(17(20)21)22-15-11-13(18(2,3)4)10-14(12-15)19(5,6)7/h10-12,16H,8-9H2,1-7H3,(H,20,21). The third-order valence-electron chi connectivity index (χ3n) is 3.74. The highest BCUT2D eigenvalue weighted by atomic mass is 32.2. The van der Waals surface area contributed by atoms with Crippen molar-refractivity contribution >= 4 is 17.7 Å². The van der Waals surface area contributed by atoms with Crippen LogP contribution in [0.2, 0.25) is 0 Å². The van der Waals surface area contributed by atoms with Gasteiger partial charge in [0.05, 0.1) is 0 Å². The molecule has 0 bridgehead atoms. The largest absolute Gasteiger partial charge is 0.480 e. The van der Waals surface area contributed by atoms with E-state index in [0.29, 0.717) is 6.42 Å². The predicted molar refractivity (Wildman–Crippen MR) is 96.0 cm³/mol. The van der Waals surface area contributed by atoms with Crippen LogP contribution in [0.4, 0.5) is 0 Å². The summed E-state index contributed by atoms with van der Waals surface area (Å²) in [5.41, 5.74) is 2.64. The van der Waals surface area contributed by atoms with Crippen molar-refractivity contribution in [2.24, 2.45) is 0 Å². The van der Waals surface area contributed by atoms with Crippen LogP contribution >= 0.6 is 11.8 Å². The summed E-state index contributed by atoms with van der Waals surface area (Å²) in [4.78, 5) is 12.5. The van der Waals surface area contributed by atoms with Crippen LogP contribution in [-0.2, 0) is 15.6 Å². The van der Waals surface area contributed by atoms with Crippen molar-refractivity contribution < 1.29 is 9.90 Å². The molecular weight excluding hydrogens is 292 g/mol. The maximum Gasteiger partial charge on any atom is 0.316 e. The molecule has 3 heteroatoms. The first-order valence-electron chi connectivity index (χ1n) is 8.00. The lowest BCUT2D eigenvalue weighted by atomic mass is 9.81. The normalized spacial score (nSPS) is 14.0. The van der Waals surface area contributed by atoms with Gasteiger partial charge in [-0.05, 0) is 40.5 Å². The molecule has 0 aromatic heterocycles. The van der Waals surface area contributed by atoms with Gasteiger partial charge in [0.1, 0.15) is 5.25 Å². The van der Waals surface area contributed by atoms with Crippen LogP contribution in [-0.4, -0.2) is 16.3 Å². The van der Waals surface area contributed by atoms with Gasteiger partial charge in [0.25, 0.3) is 0 Å². The van der Waals surface area contributed by atoms with E-state index in [-0.39, 0.29) is 16.1 Å². The Kier molecular flexibility index (Phi) is 6.14. The molecule has 1 aromatic rings. The van der Waals surface area contributed by atoms with Crippen molar-refractivity contribution in [3.8, 4) is 0 Å². The first-order chi connectivity index (χ1) is 9.95. The molecule has 124 valence electrons. The van der Waals surface area contributed by atoms with Gasteiger partial charge in [-0.1, -0.05) is 61.0 Å². The SMILES string of the molecule is CCCC(Sc1cc(C(C)(C)C)cc(C(C)(C)C)c1)C(=O)O. The molecule has 1 aromatic carbocycles. The second-order valence-corrected chi connectivity index (χ2v) is 9.26. The molecule has 0 fully saturated rings. The number of benzene rings is 1. The molecule has 0 saturated heterocycles. The summed E-state index contributed by atoms with van der Waals surface area (Å²) < 4.78 is 0. The highest BCUT2D eigenvalue weighted by molar-refractivity contribution is 8.00. The van der Waals surface area contributed by atoms with Crippen molar-refractivity contribution in [3.63, 3.8) is 0 Å². The predicted octanol–water partition coefficient (Wildman–Crippen LogP) is 5.63. The molecule has 0 heterocycles. The van der Waals surface area contributed by atoms with Gasteiger partial charge < -0.3 is 5.11 Å². The Balaban J connectivity index is 3.26. The molecule has 1 N–H and O–H groups in total. The van der Waals surface area contributed by atoms with Crippen LogP contribution in [0.25, 0.3) is 0 Å². The zero-order valence-electron chi connectivity index (χ0n) is 15.0. The Morgan fingerprint density at radius 3 is 1.82 bits per heavy atom. The van der Waals surface area contributed by atoms with E-state index in [1.54, 1.807) is 0 Å². The van der Waals surface area contributed by atoms with Crippen LogP contribution in [0.1, 0.15) is 72.4 Å². The summed E-state index contributed by atoms with van der Waals surface area (Å²) >= 11 is 1.48. The fraction of sp³-hybridized carbons (Fsp3) is 0.632. The van der Waals surface area contributed by atoms with Gasteiger partial charge in [0, 0.05) is 4.90 Å². The Labute approximate surface area is 139 Å². The van der Waals surface area contributed by atoms with Gasteiger partial charge in [-0.2, -0.15) is 0 Å². The molecule has 2 nitrogen and oxygen atoms in total. The highest BCUT2D eigenvalue weighted by Crippen LogP contribution is 2.35. The lowest BCUT2D eigenvalue weighted by Crippen LogP contribution is -2.18. The first kappa shape index (κ1) is 19.1. The van der Waals surface area contributed by atoms with Crippen molar-refractivity contribution in [2.75, 3.05) is 0 Å². The number of carboxylic acids is 1. The van der Waals surface area contributed by atoms with Crippen LogP contribution in [0.15, 0.2) is 23.1 Å². The van der Waals surface area contributed by atoms with E-state index in [0.717, 1.165) is 11.3 Å². The van der Waals surface area contributed by atoms with Gasteiger partial charge in [0.15, 0.2) is 0 Å². The summed E-state index contributed by atoms with van der Waals surface area (Å²) in [5, 5.41) is 9.04. The number of carboxylic acid groups (broad SMARTS) is 1. The number of hydrogen-bond acceptors (Lipinski definition) is 2. The zero-order chi connectivity index (χ0) is 17.1. The number of hydrogen-bond donors (Lipinski definition) is 1. The van der Waals surface area contributed by atoms with Crippen molar-refractivity contribution in [1.29, 1.82) is 0 Å². The first-order valence-corrected chi connectivity index (χ1v) is 8.88. The fourth-order valence-electron chi connectivity index (χ4n) is 2.19. The van der Waals surface area contributed by atoms with Gasteiger partial charge in [-0.25, -0.2) is 0 Å². The third-order valence-corrected chi connectivity index (χ3v) is 4.97. The van der Waals surface area contributed by atoms with E-state index < -0.39 is 5.97 Å². The summed E-state index contributed by atoms with van der Waals surface area (Å²) in [5.74, 6) is -0.717. The smallest absolute Gasteiger partial charge is 0.316 e. The Bertz CT molecular complexity index is 489. The molecule has 0 radical (unpaired) electrons. The monoisotopic (exact) mass is 322 g/mol. The van der Waals surface area contributed by atoms with E-state index in [9.17, 15) is 9.90 Å². The summed E-state index contributed by atoms with van der Waals surface area (Å²) in [6, 6.07) is 6.58. The van der Waals surface area contributed by atoms with Crippen molar-refractivity contribution in [1.82, 2.24) is 0 Å². The van der Waals surface area contributed by atoms with E-state index in [4.69, 9.17) is 0 Å². The van der Waals surface area contributed by atoms with E-state index in [1.807, 2.05) is 6.92 Å². The van der Waals surface area contributed by atoms with E-state index in [2.05, 4.69) is 59.7 Å². The maximum atomic E-state index is 11.4. The zero-order valence-corrected chi connectivity index (χ0v) is 15.8. The van der Waals surface area contributed by atoms with Gasteiger partial charge >= 0.3 is 5.97 Å². The topological polar surface area (TPSA) is 37.3 Å². The van der Waals surface area contributed by atoms with Gasteiger partial charge in [0.2, 0.25) is 0 Å². The second-order valence-electron chi connectivity index (χ2n) is 7.98. The van der Waals surface area contributed by atoms with Crippen LogP contribution in [0.3, 0.4) is 0 Å². The Hall–Kier alpha value is -0.960. The molecular formula is C19H30O2S. The van der Waals surface area contributed by atoms with E-state index >= 15 is 0 Å². The van der Waals surface area contributed by atoms with E-state index in [1.165, 1.54) is 22.9 Å². The molecule has 0 amide bonds. The summed E-state index contributed by atoms with van der Waals surface area (Å²) in [6.45, 7) is 15.2. The average Bonchev–Trinajstić information content (AvgIpc) is 2.35. The highest BCUT2D eigenvalue weighted by Gasteiger charge is 2.23. The Morgan fingerprint density at radius 2 is 1.50 bits per heavy atom. The molecule has 0 aliphatic heterocycles. The number of aliphatic carboxylic acids is 1. The second kappa shape index (κ2) is 7.08. The minimum atomic E-state index is -0.717. The summed E-state index contributed by atoms with van der Waals surface area (Å²) in [6.07, 6.45) is 1.58. The summed E-state index contributed by atoms with van der Waals surface area (Å²) in [7, 11) is 0. The molecule has 0 spiro atoms. The fourth-order valence-corrected chi connectivity index (χ4v) is 3.37. The Morgan fingerprint density at radius 1 is 1.05 bits per heavy atom. The number of rotatable bonds is 5. The van der Waals surface area contributed by atoms with Crippen LogP contribution < -0.4 is 0 Å². The minimum absolute atomic E-state index is 0.0556. The molecule has 22 heavy (non-hydrogen) atoms. The molecule has 0 aliphatic rings. The number of carbonyl (C=O) groups is 1. The lowest BCUT2D eigenvalue weighted by Gasteiger charge is -2.26. The minimum Gasteiger partial charge on any atom is -0.480 e. The molecule has 1 unspecified atom stereocenters. The third kappa shape index (κ3) is 5.35.